The van der Waals surface area contributed by atoms with Crippen LogP contribution in [-0.4, -0.2) is 48.1 Å². The standard InChI is InChI=1S/C29H30N4O6S2/c1-4-22(41-27-29(36)39-31-33(27)19-10-12-20(37-2)13-11-19)25(34)30-26-24(28(35)38-3)21-14-15-32(17-23(21)40-26)16-18-8-6-5-7-9-18/h5-13,22H,4,14-17H2,1-3H3,(H-,30,31,34,35,36)/p+1. The molecule has 1 aliphatic heterocycles. The number of thiophene rings is 1. The van der Waals surface area contributed by atoms with Gasteiger partial charge in [-0.3, -0.25) is 14.2 Å². The minimum Gasteiger partial charge on any atom is -0.497 e. The molecule has 3 heterocycles. The van der Waals surface area contributed by atoms with Crippen molar-refractivity contribution in [1.29, 1.82) is 0 Å². The zero-order valence-electron chi connectivity index (χ0n) is 23.0. The number of H-pyrrole nitrogens is 1. The summed E-state index contributed by atoms with van der Waals surface area (Å²) < 4.78 is 16.9. The topological polar surface area (TPSA) is 118 Å². The van der Waals surface area contributed by atoms with Crippen LogP contribution >= 0.6 is 23.1 Å². The summed E-state index contributed by atoms with van der Waals surface area (Å²) >= 11 is 2.50. The highest BCUT2D eigenvalue weighted by Gasteiger charge is 2.33. The van der Waals surface area contributed by atoms with Gasteiger partial charge in [-0.05, 0) is 57.8 Å². The molecule has 41 heavy (non-hydrogen) atoms. The second-order valence-electron chi connectivity index (χ2n) is 9.47. The van der Waals surface area contributed by atoms with Crippen molar-refractivity contribution in [3.63, 3.8) is 0 Å². The van der Waals surface area contributed by atoms with Crippen LogP contribution in [0.4, 0.5) is 5.00 Å². The lowest BCUT2D eigenvalue weighted by atomic mass is 10.0. The van der Waals surface area contributed by atoms with E-state index in [0.717, 1.165) is 35.3 Å². The average molecular weight is 596 g/mol. The molecule has 1 amide bonds. The monoisotopic (exact) mass is 595 g/mol. The van der Waals surface area contributed by atoms with E-state index >= 15 is 0 Å². The number of thioether (sulfide) groups is 1. The molecule has 0 saturated carbocycles. The maximum absolute atomic E-state index is 13.5. The summed E-state index contributed by atoms with van der Waals surface area (Å²) in [6, 6.07) is 17.3. The molecule has 12 heteroatoms. The van der Waals surface area contributed by atoms with E-state index in [1.807, 2.05) is 25.1 Å². The van der Waals surface area contributed by atoms with Crippen LogP contribution in [0.1, 0.15) is 39.7 Å². The lowest BCUT2D eigenvalue weighted by Crippen LogP contribution is -2.37. The number of nitrogens with zero attached hydrogens (tertiary/aromatic N) is 2. The molecule has 10 nitrogen and oxygen atoms in total. The normalized spacial score (nSPS) is 13.8. The van der Waals surface area contributed by atoms with Gasteiger partial charge < -0.3 is 14.8 Å². The van der Waals surface area contributed by atoms with Crippen molar-refractivity contribution in [1.82, 2.24) is 10.2 Å². The maximum atomic E-state index is 13.5. The summed E-state index contributed by atoms with van der Waals surface area (Å²) in [5.41, 5.74) is 2.62. The highest BCUT2D eigenvalue weighted by molar-refractivity contribution is 8.00. The van der Waals surface area contributed by atoms with E-state index < -0.39 is 16.8 Å². The third-order valence-corrected chi connectivity index (χ3v) is 9.40. The number of carbonyl (C=O) groups is 2. The van der Waals surface area contributed by atoms with Crippen molar-refractivity contribution in [3.05, 3.63) is 86.6 Å². The van der Waals surface area contributed by atoms with Crippen molar-refractivity contribution >= 4 is 40.0 Å². The van der Waals surface area contributed by atoms with Gasteiger partial charge in [-0.1, -0.05) is 37.3 Å². The number of fused-ring (bicyclic) bond motifs is 1. The van der Waals surface area contributed by atoms with Crippen LogP contribution in [0, 0.1) is 0 Å². The smallest absolute Gasteiger partial charge is 0.442 e. The summed E-state index contributed by atoms with van der Waals surface area (Å²) in [5, 5.41) is 5.65. The first-order valence-corrected chi connectivity index (χ1v) is 14.9. The van der Waals surface area contributed by atoms with Gasteiger partial charge in [-0.15, -0.1) is 11.3 Å². The Kier molecular flexibility index (Phi) is 8.91. The SMILES string of the molecule is CCC(Sc1c(=O)o[nH][n+]1-c1ccc(OC)cc1)C(=O)Nc1sc2c(c1C(=O)OC)CCN(Cc1ccccc1)C2. The summed E-state index contributed by atoms with van der Waals surface area (Å²) in [6.45, 7) is 4.13. The van der Waals surface area contributed by atoms with E-state index in [-0.39, 0.29) is 10.9 Å². The quantitative estimate of drug-likeness (QED) is 0.159. The first-order valence-electron chi connectivity index (χ1n) is 13.2. The van der Waals surface area contributed by atoms with E-state index in [9.17, 15) is 14.4 Å². The Bertz CT molecular complexity index is 1580. The Morgan fingerprint density at radius 1 is 1.17 bits per heavy atom. The highest BCUT2D eigenvalue weighted by Crippen LogP contribution is 2.38. The number of nitrogens with one attached hydrogen (secondary N) is 2. The number of hydrogen-bond acceptors (Lipinski definition) is 9. The van der Waals surface area contributed by atoms with Crippen molar-refractivity contribution in [2.75, 3.05) is 26.1 Å². The maximum Gasteiger partial charge on any atom is 0.442 e. The van der Waals surface area contributed by atoms with Crippen LogP contribution < -0.4 is 20.4 Å². The molecule has 1 unspecified atom stereocenters. The van der Waals surface area contributed by atoms with E-state index in [4.69, 9.17) is 14.0 Å². The minimum atomic E-state index is -0.627. The van der Waals surface area contributed by atoms with Gasteiger partial charge in [-0.25, -0.2) is 9.59 Å². The van der Waals surface area contributed by atoms with Crippen molar-refractivity contribution in [2.45, 2.75) is 43.1 Å². The van der Waals surface area contributed by atoms with Crippen molar-refractivity contribution in [2.24, 2.45) is 0 Å². The summed E-state index contributed by atoms with van der Waals surface area (Å²) in [6.07, 6.45) is 1.12. The molecule has 0 saturated heterocycles. The highest BCUT2D eigenvalue weighted by atomic mass is 32.2. The second kappa shape index (κ2) is 12.8. The largest absolute Gasteiger partial charge is 0.497 e. The minimum absolute atomic E-state index is 0.229. The lowest BCUT2D eigenvalue weighted by Gasteiger charge is -2.27. The van der Waals surface area contributed by atoms with Gasteiger partial charge in [-0.2, -0.15) is 0 Å². The fourth-order valence-electron chi connectivity index (χ4n) is 4.75. The predicted molar refractivity (Wildman–Crippen MR) is 156 cm³/mol. The van der Waals surface area contributed by atoms with Gasteiger partial charge in [0.25, 0.3) is 0 Å². The van der Waals surface area contributed by atoms with Crippen LogP contribution in [0.2, 0.25) is 0 Å². The number of amides is 1. The molecule has 2 N–H and O–H groups in total. The molecule has 2 aromatic heterocycles. The van der Waals surface area contributed by atoms with Gasteiger partial charge in [0.1, 0.15) is 10.8 Å². The van der Waals surface area contributed by atoms with Crippen LogP contribution in [0.15, 0.2) is 68.9 Å². The van der Waals surface area contributed by atoms with Gasteiger partial charge in [0.15, 0.2) is 0 Å². The molecule has 0 radical (unpaired) electrons. The number of ether oxygens (including phenoxy) is 2. The summed E-state index contributed by atoms with van der Waals surface area (Å²) in [7, 11) is 2.92. The third kappa shape index (κ3) is 6.24. The Balaban J connectivity index is 1.36. The summed E-state index contributed by atoms with van der Waals surface area (Å²) in [5.74, 6) is -0.119. The first-order chi connectivity index (χ1) is 19.9. The molecule has 2 aromatic carbocycles. The number of esters is 1. The zero-order valence-corrected chi connectivity index (χ0v) is 24.6. The molecule has 214 valence electrons. The number of carbonyl (C=O) groups excluding carboxylic acids is 2. The Hall–Kier alpha value is -3.87. The zero-order chi connectivity index (χ0) is 28.9. The fourth-order valence-corrected chi connectivity index (χ4v) is 7.02. The van der Waals surface area contributed by atoms with E-state index in [2.05, 4.69) is 27.6 Å². The molecule has 1 atom stereocenters. The van der Waals surface area contributed by atoms with E-state index in [1.165, 1.54) is 28.7 Å². The molecule has 0 aliphatic carbocycles. The van der Waals surface area contributed by atoms with Crippen molar-refractivity contribution in [3.8, 4) is 11.4 Å². The lowest BCUT2D eigenvalue weighted by molar-refractivity contribution is -0.704. The molecule has 1 aliphatic rings. The third-order valence-electron chi connectivity index (χ3n) is 6.87. The Morgan fingerprint density at radius 3 is 2.61 bits per heavy atom. The van der Waals surface area contributed by atoms with Gasteiger partial charge in [0, 0.05) is 36.6 Å². The molecular weight excluding hydrogens is 564 g/mol. The first kappa shape index (κ1) is 28.7. The number of aromatic amines is 1. The number of hydrogen-bond donors (Lipinski definition) is 2. The molecule has 0 spiro atoms. The molecule has 0 fully saturated rings. The van der Waals surface area contributed by atoms with E-state index in [1.54, 1.807) is 31.4 Å². The van der Waals surface area contributed by atoms with Crippen molar-refractivity contribution < 1.29 is 28.3 Å². The van der Waals surface area contributed by atoms with Crippen LogP contribution in [0.5, 0.6) is 5.75 Å². The van der Waals surface area contributed by atoms with Crippen LogP contribution in [0.3, 0.4) is 0 Å². The Morgan fingerprint density at radius 2 is 1.93 bits per heavy atom. The molecule has 5 rings (SSSR count). The van der Waals surface area contributed by atoms with Crippen LogP contribution in [-0.2, 0) is 29.0 Å². The van der Waals surface area contributed by atoms with E-state index in [0.29, 0.717) is 41.4 Å². The number of methoxy groups -OCH3 is 2. The average Bonchev–Trinajstić information content (AvgIpc) is 3.54. The predicted octanol–water partition coefficient (Wildman–Crippen LogP) is 4.17. The second-order valence-corrected chi connectivity index (χ2v) is 11.8. The number of benzene rings is 2. The fraction of sp³-hybridized carbons (Fsp3) is 0.310. The number of anilines is 1. The Labute approximate surface area is 245 Å². The number of aromatic nitrogens is 2. The van der Waals surface area contributed by atoms with Gasteiger partial charge in [0.05, 0.1) is 25.0 Å². The molecule has 4 aromatic rings. The molecule has 0 bridgehead atoms. The van der Waals surface area contributed by atoms with Gasteiger partial charge in [0.2, 0.25) is 11.6 Å². The summed E-state index contributed by atoms with van der Waals surface area (Å²) in [4.78, 5) is 42.3. The van der Waals surface area contributed by atoms with Crippen LogP contribution in [0.25, 0.3) is 5.69 Å². The number of rotatable bonds is 10. The van der Waals surface area contributed by atoms with Gasteiger partial charge >= 0.3 is 16.6 Å². The molecular formula is C29H31N4O6S2+.